The van der Waals surface area contributed by atoms with E-state index >= 15 is 0 Å². The van der Waals surface area contributed by atoms with Crippen LogP contribution in [0.4, 0.5) is 5.13 Å². The topological polar surface area (TPSA) is 63.0 Å². The van der Waals surface area contributed by atoms with E-state index in [1.807, 2.05) is 0 Å². The summed E-state index contributed by atoms with van der Waals surface area (Å²) in [6, 6.07) is 0.670. The Morgan fingerprint density at radius 2 is 1.82 bits per heavy atom. The second-order valence-electron chi connectivity index (χ2n) is 6.08. The van der Waals surface area contributed by atoms with Crippen molar-refractivity contribution in [2.45, 2.75) is 51.1 Å². The van der Waals surface area contributed by atoms with Gasteiger partial charge in [0.2, 0.25) is 0 Å². The van der Waals surface area contributed by atoms with Crippen molar-refractivity contribution < 1.29 is 0 Å². The second-order valence-corrected chi connectivity index (χ2v) is 6.97. The lowest BCUT2D eigenvalue weighted by Gasteiger charge is -2.43. The van der Waals surface area contributed by atoms with Crippen molar-refractivity contribution in [2.75, 3.05) is 18.8 Å². The minimum Gasteiger partial charge on any atom is -0.375 e. The maximum atomic E-state index is 5.65. The lowest BCUT2D eigenvalue weighted by atomic mass is 9.67. The zero-order valence-electron chi connectivity index (χ0n) is 12.7. The van der Waals surface area contributed by atoms with Gasteiger partial charge in [-0.3, -0.25) is 0 Å². The molecule has 1 saturated heterocycles. The molecule has 1 aromatic rings. The molecule has 22 heavy (non-hydrogen) atoms. The summed E-state index contributed by atoms with van der Waals surface area (Å²) in [7, 11) is 0. The number of nitrogens with zero attached hydrogens (tertiary/aromatic N) is 1. The maximum Gasteiger partial charge on any atom is 0.180 e. The van der Waals surface area contributed by atoms with Crippen molar-refractivity contribution in [3.63, 3.8) is 0 Å². The third kappa shape index (κ3) is 5.69. The van der Waals surface area contributed by atoms with E-state index in [1.165, 1.54) is 63.0 Å². The van der Waals surface area contributed by atoms with Crippen LogP contribution in [0.3, 0.4) is 0 Å². The second kappa shape index (κ2) is 10.2. The average Bonchev–Trinajstić information content (AvgIpc) is 2.85. The van der Waals surface area contributed by atoms with E-state index in [1.54, 1.807) is 0 Å². The van der Waals surface area contributed by atoms with E-state index in [2.05, 4.69) is 21.0 Å². The minimum absolute atomic E-state index is 0. The van der Waals surface area contributed by atoms with Crippen molar-refractivity contribution in [1.82, 2.24) is 15.6 Å². The first-order chi connectivity index (χ1) is 9.26. The molecule has 0 aromatic carbocycles. The summed E-state index contributed by atoms with van der Waals surface area (Å²) >= 11 is 1.53. The third-order valence-corrected chi connectivity index (χ3v) is 5.57. The van der Waals surface area contributed by atoms with Crippen molar-refractivity contribution >= 4 is 53.7 Å². The van der Waals surface area contributed by atoms with Gasteiger partial charge in [-0.1, -0.05) is 0 Å². The molecule has 3 rings (SSSR count). The van der Waals surface area contributed by atoms with Crippen LogP contribution >= 0.6 is 48.6 Å². The maximum absolute atomic E-state index is 5.65. The molecular formula is C14H27Cl3N4S. The summed E-state index contributed by atoms with van der Waals surface area (Å²) in [5.74, 6) is 0. The molecule has 0 atom stereocenters. The van der Waals surface area contributed by atoms with Gasteiger partial charge < -0.3 is 16.4 Å². The van der Waals surface area contributed by atoms with Crippen LogP contribution in [0.25, 0.3) is 0 Å². The van der Waals surface area contributed by atoms with Gasteiger partial charge in [-0.25, -0.2) is 4.98 Å². The van der Waals surface area contributed by atoms with Crippen LogP contribution in [-0.4, -0.2) is 24.1 Å². The Morgan fingerprint density at radius 3 is 2.36 bits per heavy atom. The Morgan fingerprint density at radius 1 is 1.18 bits per heavy atom. The lowest BCUT2D eigenvalue weighted by molar-refractivity contribution is 0.115. The summed E-state index contributed by atoms with van der Waals surface area (Å²) in [4.78, 5) is 4.30. The number of rotatable bonds is 3. The van der Waals surface area contributed by atoms with Gasteiger partial charge in [-0.05, 0) is 57.0 Å². The molecule has 0 unspecified atom stereocenters. The summed E-state index contributed by atoms with van der Waals surface area (Å²) in [5, 5.41) is 9.86. The molecule has 0 amide bonds. The largest absolute Gasteiger partial charge is 0.375 e. The molecule has 1 saturated carbocycles. The third-order valence-electron chi connectivity index (χ3n) is 4.85. The number of anilines is 1. The van der Waals surface area contributed by atoms with Crippen LogP contribution in [0.1, 0.15) is 44.2 Å². The Kier molecular flexibility index (Phi) is 10.3. The standard InChI is InChI=1S/C14H24N4S.3ClH/c15-13-18-12(10-19-13)9-17-11-1-3-14(4-2-11)5-7-16-8-6-14;;;/h10-11,16-17H,1-9H2,(H2,15,18);3*1H. The van der Waals surface area contributed by atoms with Crippen molar-refractivity contribution in [3.05, 3.63) is 11.1 Å². The number of nitrogens with two attached hydrogens (primary N) is 1. The minimum atomic E-state index is 0. The number of aromatic nitrogens is 1. The first-order valence-electron chi connectivity index (χ1n) is 7.40. The number of nitrogens with one attached hydrogen (secondary N) is 2. The van der Waals surface area contributed by atoms with Gasteiger partial charge in [-0.15, -0.1) is 48.6 Å². The number of hydrogen-bond donors (Lipinski definition) is 3. The van der Waals surface area contributed by atoms with Gasteiger partial charge in [0.25, 0.3) is 0 Å². The fourth-order valence-corrected chi connectivity index (χ4v) is 4.11. The highest BCUT2D eigenvalue weighted by Gasteiger charge is 2.35. The normalized spacial score (nSPS) is 20.5. The van der Waals surface area contributed by atoms with Crippen molar-refractivity contribution in [1.29, 1.82) is 0 Å². The highest BCUT2D eigenvalue weighted by atomic mass is 35.5. The first kappa shape index (κ1) is 22.2. The molecule has 8 heteroatoms. The summed E-state index contributed by atoms with van der Waals surface area (Å²) in [6.07, 6.45) is 8.18. The van der Waals surface area contributed by atoms with Gasteiger partial charge in [0.05, 0.1) is 5.69 Å². The summed E-state index contributed by atoms with van der Waals surface area (Å²) in [6.45, 7) is 3.30. The van der Waals surface area contributed by atoms with Crippen LogP contribution in [0, 0.1) is 5.41 Å². The van der Waals surface area contributed by atoms with Crippen LogP contribution in [0.15, 0.2) is 5.38 Å². The number of nitrogen functional groups attached to an aromatic ring is 1. The highest BCUT2D eigenvalue weighted by molar-refractivity contribution is 7.13. The first-order valence-corrected chi connectivity index (χ1v) is 8.28. The SMILES string of the molecule is Cl.Cl.Cl.Nc1nc(CNC2CCC3(CCNCC3)CC2)cs1. The molecule has 130 valence electrons. The van der Waals surface area contributed by atoms with E-state index in [9.17, 15) is 0 Å². The van der Waals surface area contributed by atoms with Crippen LogP contribution in [-0.2, 0) is 6.54 Å². The van der Waals surface area contributed by atoms with Gasteiger partial charge in [0, 0.05) is 18.0 Å². The Balaban J connectivity index is 0.00000147. The van der Waals surface area contributed by atoms with Gasteiger partial charge in [-0.2, -0.15) is 0 Å². The molecule has 4 N–H and O–H groups in total. The Hall–Kier alpha value is 0.220. The zero-order chi connectivity index (χ0) is 13.1. The van der Waals surface area contributed by atoms with E-state index in [4.69, 9.17) is 5.73 Å². The molecule has 2 fully saturated rings. The van der Waals surface area contributed by atoms with Gasteiger partial charge in [0.1, 0.15) is 0 Å². The lowest BCUT2D eigenvalue weighted by Crippen LogP contribution is -2.43. The number of thiazole rings is 1. The predicted molar refractivity (Wildman–Crippen MR) is 102 cm³/mol. The monoisotopic (exact) mass is 388 g/mol. The molecule has 1 aromatic heterocycles. The van der Waals surface area contributed by atoms with Crippen molar-refractivity contribution in [3.8, 4) is 0 Å². The molecule has 4 nitrogen and oxygen atoms in total. The molecule has 0 radical (unpaired) electrons. The molecule has 2 heterocycles. The number of halogens is 3. The molecular weight excluding hydrogens is 363 g/mol. The zero-order valence-corrected chi connectivity index (χ0v) is 15.9. The van der Waals surface area contributed by atoms with Gasteiger partial charge >= 0.3 is 0 Å². The smallest absolute Gasteiger partial charge is 0.180 e. The molecule has 1 spiro atoms. The fraction of sp³-hybridized carbons (Fsp3) is 0.786. The number of hydrogen-bond acceptors (Lipinski definition) is 5. The molecule has 0 bridgehead atoms. The Bertz CT molecular complexity index is 414. The van der Waals surface area contributed by atoms with Crippen molar-refractivity contribution in [2.24, 2.45) is 5.41 Å². The van der Waals surface area contributed by atoms with Crippen LogP contribution < -0.4 is 16.4 Å². The number of piperidine rings is 1. The van der Waals surface area contributed by atoms with E-state index in [0.29, 0.717) is 16.6 Å². The van der Waals surface area contributed by atoms with E-state index in [-0.39, 0.29) is 37.2 Å². The molecule has 1 aliphatic heterocycles. The fourth-order valence-electron chi connectivity index (χ4n) is 3.54. The van der Waals surface area contributed by atoms with Crippen LogP contribution in [0.5, 0.6) is 0 Å². The molecule has 1 aliphatic carbocycles. The van der Waals surface area contributed by atoms with Crippen LogP contribution in [0.2, 0.25) is 0 Å². The average molecular weight is 390 g/mol. The van der Waals surface area contributed by atoms with E-state index in [0.717, 1.165) is 12.2 Å². The summed E-state index contributed by atoms with van der Waals surface area (Å²) < 4.78 is 0. The molecule has 2 aliphatic rings. The quantitative estimate of drug-likeness (QED) is 0.741. The summed E-state index contributed by atoms with van der Waals surface area (Å²) in [5.41, 5.74) is 7.40. The Labute approximate surface area is 155 Å². The highest BCUT2D eigenvalue weighted by Crippen LogP contribution is 2.43. The van der Waals surface area contributed by atoms with Gasteiger partial charge in [0.15, 0.2) is 5.13 Å². The van der Waals surface area contributed by atoms with E-state index < -0.39 is 0 Å². The predicted octanol–water partition coefficient (Wildman–Crippen LogP) is 3.39.